The Morgan fingerprint density at radius 3 is 2.77 bits per heavy atom. The van der Waals surface area contributed by atoms with Crippen LogP contribution in [0.1, 0.15) is 41.7 Å². The quantitative estimate of drug-likeness (QED) is 0.456. The Kier molecular flexibility index (Phi) is 7.59. The molecule has 0 aliphatic heterocycles. The number of carbonyl (C=O) groups is 1. The van der Waals surface area contributed by atoms with Gasteiger partial charge in [0.15, 0.2) is 5.82 Å². The van der Waals surface area contributed by atoms with Crippen molar-refractivity contribution in [2.75, 3.05) is 6.54 Å². The zero-order chi connectivity index (χ0) is 20.1. The number of nitrogens with zero attached hydrogens (tertiary/aromatic N) is 4. The third-order valence-electron chi connectivity index (χ3n) is 5.13. The summed E-state index contributed by atoms with van der Waals surface area (Å²) >= 11 is 0. The molecule has 0 bridgehead atoms. The lowest BCUT2D eigenvalue weighted by atomic mass is 10.1. The molecule has 30 heavy (non-hydrogen) atoms. The molecule has 0 spiro atoms. The Hall–Kier alpha value is -2.71. The second kappa shape index (κ2) is 10.4. The summed E-state index contributed by atoms with van der Waals surface area (Å²) in [5.41, 5.74) is 8.66. The van der Waals surface area contributed by atoms with Crippen LogP contribution in [0.3, 0.4) is 0 Å². The number of aromatic amines is 1. The number of hydrogen-bond donors (Lipinski definition) is 3. The number of nitrogens with one attached hydrogen (secondary N) is 2. The molecule has 160 valence electrons. The molecule has 8 nitrogen and oxygen atoms in total. The van der Waals surface area contributed by atoms with Gasteiger partial charge in [-0.1, -0.05) is 30.3 Å². The number of amides is 1. The monoisotopic (exact) mass is 429 g/mol. The van der Waals surface area contributed by atoms with Crippen molar-refractivity contribution in [3.8, 4) is 0 Å². The predicted octanol–water partition coefficient (Wildman–Crippen LogP) is 1.98. The van der Waals surface area contributed by atoms with Gasteiger partial charge in [-0.15, -0.1) is 12.4 Å². The Balaban J connectivity index is 0.00000256. The van der Waals surface area contributed by atoms with Crippen LogP contribution in [0, 0.1) is 5.92 Å². The van der Waals surface area contributed by atoms with Crippen LogP contribution >= 0.6 is 12.4 Å². The van der Waals surface area contributed by atoms with E-state index >= 15 is 0 Å². The second-order valence-electron chi connectivity index (χ2n) is 7.69. The SMILES string of the molecule is Cl.N[C@H](Cc1ccccc1)c1nc(CC2CC2)nn1CC(=O)NCCc1cn[nH]c1. The third-order valence-corrected chi connectivity index (χ3v) is 5.13. The molecule has 3 aromatic rings. The molecule has 1 saturated carbocycles. The summed E-state index contributed by atoms with van der Waals surface area (Å²) in [6, 6.07) is 9.77. The van der Waals surface area contributed by atoms with E-state index in [1.54, 1.807) is 10.9 Å². The van der Waals surface area contributed by atoms with Gasteiger partial charge in [-0.2, -0.15) is 10.2 Å². The number of H-pyrrole nitrogens is 1. The highest BCUT2D eigenvalue weighted by molar-refractivity contribution is 5.85. The Labute approximate surface area is 182 Å². The van der Waals surface area contributed by atoms with Crippen LogP contribution in [0.25, 0.3) is 0 Å². The minimum Gasteiger partial charge on any atom is -0.354 e. The standard InChI is InChI=1S/C21H27N7O.ClH/c22-18(10-15-4-2-1-3-5-15)21-26-19(11-16-6-7-16)27-28(21)14-20(29)23-9-8-17-12-24-25-13-17;/h1-5,12-13,16,18H,6-11,14,22H2,(H,23,29)(H,24,25);1H/t18-;/m1./s1. The summed E-state index contributed by atoms with van der Waals surface area (Å²) < 4.78 is 1.68. The maximum Gasteiger partial charge on any atom is 0.241 e. The molecule has 1 atom stereocenters. The molecule has 2 heterocycles. The molecule has 4 N–H and O–H groups in total. The highest BCUT2D eigenvalue weighted by Crippen LogP contribution is 2.32. The number of carbonyl (C=O) groups excluding carboxylic acids is 1. The van der Waals surface area contributed by atoms with Crippen LogP contribution in [0.4, 0.5) is 0 Å². The molecule has 1 aromatic carbocycles. The van der Waals surface area contributed by atoms with Crippen LogP contribution < -0.4 is 11.1 Å². The fourth-order valence-corrected chi connectivity index (χ4v) is 3.37. The number of halogens is 1. The van der Waals surface area contributed by atoms with Crippen molar-refractivity contribution < 1.29 is 4.79 Å². The number of benzene rings is 1. The number of rotatable bonds is 10. The molecule has 9 heteroatoms. The van der Waals surface area contributed by atoms with Gasteiger partial charge in [0.05, 0.1) is 12.2 Å². The number of hydrogen-bond acceptors (Lipinski definition) is 5. The topological polar surface area (TPSA) is 115 Å². The van der Waals surface area contributed by atoms with Crippen LogP contribution in [-0.2, 0) is 30.6 Å². The van der Waals surface area contributed by atoms with E-state index < -0.39 is 0 Å². The normalized spacial score (nSPS) is 14.2. The maximum atomic E-state index is 12.5. The van der Waals surface area contributed by atoms with Gasteiger partial charge < -0.3 is 11.1 Å². The first-order valence-electron chi connectivity index (χ1n) is 10.1. The Morgan fingerprint density at radius 2 is 2.07 bits per heavy atom. The molecule has 0 saturated heterocycles. The highest BCUT2D eigenvalue weighted by atomic mass is 35.5. The first-order chi connectivity index (χ1) is 14.2. The summed E-state index contributed by atoms with van der Waals surface area (Å²) in [4.78, 5) is 17.1. The van der Waals surface area contributed by atoms with E-state index in [-0.39, 0.29) is 30.9 Å². The van der Waals surface area contributed by atoms with E-state index in [4.69, 9.17) is 10.7 Å². The molecule has 1 aliphatic rings. The molecular formula is C21H28ClN7O. The van der Waals surface area contributed by atoms with Crippen molar-refractivity contribution in [2.45, 2.75) is 44.7 Å². The minimum atomic E-state index is -0.309. The van der Waals surface area contributed by atoms with E-state index in [1.165, 1.54) is 12.8 Å². The number of nitrogens with two attached hydrogens (primary N) is 1. The lowest BCUT2D eigenvalue weighted by Crippen LogP contribution is -2.31. The third kappa shape index (κ3) is 6.14. The zero-order valence-corrected chi connectivity index (χ0v) is 17.6. The summed E-state index contributed by atoms with van der Waals surface area (Å²) in [5.74, 6) is 2.05. The van der Waals surface area contributed by atoms with Crippen LogP contribution in [-0.4, -0.2) is 37.4 Å². The van der Waals surface area contributed by atoms with Gasteiger partial charge in [-0.05, 0) is 42.7 Å². The fourth-order valence-electron chi connectivity index (χ4n) is 3.37. The van der Waals surface area contributed by atoms with Gasteiger partial charge in [0, 0.05) is 19.2 Å². The van der Waals surface area contributed by atoms with Crippen LogP contribution in [0.15, 0.2) is 42.7 Å². The van der Waals surface area contributed by atoms with Crippen molar-refractivity contribution in [1.82, 2.24) is 30.3 Å². The predicted molar refractivity (Wildman–Crippen MR) is 116 cm³/mol. The molecule has 1 amide bonds. The van der Waals surface area contributed by atoms with Crippen LogP contribution in [0.2, 0.25) is 0 Å². The van der Waals surface area contributed by atoms with Gasteiger partial charge in [-0.3, -0.25) is 9.89 Å². The van der Waals surface area contributed by atoms with E-state index in [2.05, 4.69) is 20.6 Å². The molecule has 1 aliphatic carbocycles. The molecule has 0 radical (unpaired) electrons. The summed E-state index contributed by atoms with van der Waals surface area (Å²) in [5, 5.41) is 14.2. The second-order valence-corrected chi connectivity index (χ2v) is 7.69. The number of aromatic nitrogens is 5. The average Bonchev–Trinajstić information content (AvgIpc) is 3.20. The zero-order valence-electron chi connectivity index (χ0n) is 16.8. The molecule has 1 fully saturated rings. The van der Waals surface area contributed by atoms with Gasteiger partial charge in [0.25, 0.3) is 0 Å². The van der Waals surface area contributed by atoms with Crippen molar-refractivity contribution in [1.29, 1.82) is 0 Å². The lowest BCUT2D eigenvalue weighted by molar-refractivity contribution is -0.121. The first-order valence-corrected chi connectivity index (χ1v) is 10.1. The lowest BCUT2D eigenvalue weighted by Gasteiger charge is -2.13. The fraction of sp³-hybridized carbons (Fsp3) is 0.429. The van der Waals surface area contributed by atoms with Crippen molar-refractivity contribution in [3.63, 3.8) is 0 Å². The smallest absolute Gasteiger partial charge is 0.241 e. The average molecular weight is 430 g/mol. The Morgan fingerprint density at radius 1 is 1.27 bits per heavy atom. The Bertz CT molecular complexity index is 922. The van der Waals surface area contributed by atoms with Gasteiger partial charge >= 0.3 is 0 Å². The van der Waals surface area contributed by atoms with E-state index in [9.17, 15) is 4.79 Å². The van der Waals surface area contributed by atoms with E-state index in [0.29, 0.717) is 24.7 Å². The molecule has 0 unspecified atom stereocenters. The maximum absolute atomic E-state index is 12.5. The van der Waals surface area contributed by atoms with Gasteiger partial charge in [-0.25, -0.2) is 9.67 Å². The molecule has 2 aromatic heterocycles. The van der Waals surface area contributed by atoms with Crippen molar-refractivity contribution >= 4 is 18.3 Å². The van der Waals surface area contributed by atoms with Crippen molar-refractivity contribution in [3.05, 3.63) is 65.5 Å². The summed E-state index contributed by atoms with van der Waals surface area (Å²) in [7, 11) is 0. The van der Waals surface area contributed by atoms with Crippen LogP contribution in [0.5, 0.6) is 0 Å². The van der Waals surface area contributed by atoms with Gasteiger partial charge in [0.2, 0.25) is 5.91 Å². The molecule has 4 rings (SSSR count). The summed E-state index contributed by atoms with van der Waals surface area (Å²) in [6.07, 6.45) is 8.29. The largest absolute Gasteiger partial charge is 0.354 e. The highest BCUT2D eigenvalue weighted by Gasteiger charge is 2.26. The van der Waals surface area contributed by atoms with E-state index in [0.717, 1.165) is 29.8 Å². The van der Waals surface area contributed by atoms with E-state index in [1.807, 2.05) is 36.5 Å². The van der Waals surface area contributed by atoms with Gasteiger partial charge in [0.1, 0.15) is 12.4 Å². The molecular weight excluding hydrogens is 402 g/mol. The van der Waals surface area contributed by atoms with Crippen molar-refractivity contribution in [2.24, 2.45) is 11.7 Å². The minimum absolute atomic E-state index is 0. The first kappa shape index (κ1) is 22.0. The summed E-state index contributed by atoms with van der Waals surface area (Å²) in [6.45, 7) is 0.675.